The number of aromatic carboxylic acids is 1. The molecule has 6 nitrogen and oxygen atoms in total. The van der Waals surface area contributed by atoms with Gasteiger partial charge in [0, 0.05) is 17.7 Å². The number of hydrogen-bond donors (Lipinski definition) is 1. The summed E-state index contributed by atoms with van der Waals surface area (Å²) in [5, 5.41) is 13.9. The Labute approximate surface area is 136 Å². The van der Waals surface area contributed by atoms with Crippen molar-refractivity contribution in [3.63, 3.8) is 0 Å². The Morgan fingerprint density at radius 3 is 2.87 bits per heavy atom. The molecule has 0 aliphatic rings. The van der Waals surface area contributed by atoms with E-state index in [4.69, 9.17) is 9.63 Å². The Bertz CT molecular complexity index is 826. The van der Waals surface area contributed by atoms with E-state index in [1.165, 1.54) is 17.5 Å². The molecule has 3 rings (SSSR count). The van der Waals surface area contributed by atoms with Crippen molar-refractivity contribution in [2.75, 3.05) is 0 Å². The largest absolute Gasteiger partial charge is 0.477 e. The van der Waals surface area contributed by atoms with E-state index in [1.54, 1.807) is 6.20 Å². The molecule has 0 saturated carbocycles. The summed E-state index contributed by atoms with van der Waals surface area (Å²) in [7, 11) is 0. The fraction of sp³-hybridized carbons (Fsp3) is 0.250. The SMILES string of the molecule is Cc1onc(-c2ccccn2)c1CC(C)c1ncc(C(=O)O)s1. The van der Waals surface area contributed by atoms with E-state index < -0.39 is 5.97 Å². The van der Waals surface area contributed by atoms with Crippen LogP contribution in [0.4, 0.5) is 0 Å². The van der Waals surface area contributed by atoms with Crippen molar-refractivity contribution in [2.45, 2.75) is 26.2 Å². The zero-order chi connectivity index (χ0) is 16.4. The topological polar surface area (TPSA) is 89.1 Å². The molecule has 0 aliphatic heterocycles. The van der Waals surface area contributed by atoms with E-state index in [9.17, 15) is 4.79 Å². The van der Waals surface area contributed by atoms with Crippen molar-refractivity contribution in [2.24, 2.45) is 0 Å². The van der Waals surface area contributed by atoms with Crippen LogP contribution >= 0.6 is 11.3 Å². The number of rotatable bonds is 5. The van der Waals surface area contributed by atoms with Gasteiger partial charge in [0.2, 0.25) is 0 Å². The number of carboxylic acid groups (broad SMARTS) is 1. The van der Waals surface area contributed by atoms with Crippen LogP contribution in [-0.4, -0.2) is 26.2 Å². The molecule has 0 aliphatic carbocycles. The Hall–Kier alpha value is -2.54. The van der Waals surface area contributed by atoms with Crippen LogP contribution in [0.15, 0.2) is 35.1 Å². The van der Waals surface area contributed by atoms with Gasteiger partial charge in [0.25, 0.3) is 0 Å². The predicted octanol–water partition coefficient (Wildman–Crippen LogP) is 3.55. The molecule has 0 radical (unpaired) electrons. The molecule has 1 atom stereocenters. The number of aromatic nitrogens is 3. The molecule has 7 heteroatoms. The molecule has 3 aromatic heterocycles. The predicted molar refractivity (Wildman–Crippen MR) is 85.7 cm³/mol. The molecule has 1 unspecified atom stereocenters. The second kappa shape index (κ2) is 6.29. The zero-order valence-electron chi connectivity index (χ0n) is 12.7. The number of nitrogens with zero attached hydrogens (tertiary/aromatic N) is 3. The van der Waals surface area contributed by atoms with Gasteiger partial charge in [-0.05, 0) is 25.5 Å². The minimum Gasteiger partial charge on any atom is -0.477 e. The smallest absolute Gasteiger partial charge is 0.347 e. The Balaban J connectivity index is 1.88. The van der Waals surface area contributed by atoms with E-state index in [2.05, 4.69) is 15.1 Å². The van der Waals surface area contributed by atoms with Gasteiger partial charge in [-0.1, -0.05) is 18.1 Å². The van der Waals surface area contributed by atoms with Crippen molar-refractivity contribution in [3.05, 3.63) is 51.8 Å². The van der Waals surface area contributed by atoms with E-state index in [1.807, 2.05) is 32.0 Å². The van der Waals surface area contributed by atoms with Crippen LogP contribution in [0, 0.1) is 6.92 Å². The van der Waals surface area contributed by atoms with Crippen LogP contribution < -0.4 is 0 Å². The second-order valence-electron chi connectivity index (χ2n) is 5.25. The van der Waals surface area contributed by atoms with E-state index in [0.29, 0.717) is 6.42 Å². The molecule has 0 amide bonds. The van der Waals surface area contributed by atoms with Gasteiger partial charge < -0.3 is 9.63 Å². The normalized spacial score (nSPS) is 12.3. The average Bonchev–Trinajstić information content (AvgIpc) is 3.16. The number of carbonyl (C=O) groups is 1. The van der Waals surface area contributed by atoms with Crippen molar-refractivity contribution >= 4 is 17.3 Å². The van der Waals surface area contributed by atoms with Crippen molar-refractivity contribution in [1.29, 1.82) is 0 Å². The molecule has 0 fully saturated rings. The standard InChI is InChI=1S/C16H15N3O3S/c1-9(15-18-8-13(23-15)16(20)21)7-11-10(2)22-19-14(11)12-5-3-4-6-17-12/h3-6,8-9H,7H2,1-2H3,(H,20,21). The van der Waals surface area contributed by atoms with Crippen LogP contribution in [-0.2, 0) is 6.42 Å². The fourth-order valence-electron chi connectivity index (χ4n) is 2.34. The number of carboxylic acids is 1. The van der Waals surface area contributed by atoms with Gasteiger partial charge in [0.15, 0.2) is 0 Å². The second-order valence-corrected chi connectivity index (χ2v) is 6.32. The number of hydrogen-bond acceptors (Lipinski definition) is 6. The first kappa shape index (κ1) is 15.4. The highest BCUT2D eigenvalue weighted by Gasteiger charge is 2.21. The van der Waals surface area contributed by atoms with Crippen LogP contribution in [0.1, 0.15) is 38.8 Å². The fourth-order valence-corrected chi connectivity index (χ4v) is 3.15. The first-order valence-corrected chi connectivity index (χ1v) is 7.93. The lowest BCUT2D eigenvalue weighted by atomic mass is 9.99. The zero-order valence-corrected chi connectivity index (χ0v) is 13.5. The Morgan fingerprint density at radius 1 is 1.39 bits per heavy atom. The molecule has 3 aromatic rings. The summed E-state index contributed by atoms with van der Waals surface area (Å²) in [5.74, 6) is -0.141. The third-order valence-corrected chi connectivity index (χ3v) is 4.78. The minimum absolute atomic E-state index is 0.0636. The molecule has 0 spiro atoms. The summed E-state index contributed by atoms with van der Waals surface area (Å²) in [6, 6.07) is 5.64. The molecular formula is C16H15N3O3S. The van der Waals surface area contributed by atoms with Crippen molar-refractivity contribution in [1.82, 2.24) is 15.1 Å². The summed E-state index contributed by atoms with van der Waals surface area (Å²) in [5.41, 5.74) is 2.46. The molecule has 118 valence electrons. The molecule has 0 aromatic carbocycles. The van der Waals surface area contributed by atoms with Gasteiger partial charge in [0.05, 0.1) is 16.9 Å². The van der Waals surface area contributed by atoms with Crippen molar-refractivity contribution < 1.29 is 14.4 Å². The van der Waals surface area contributed by atoms with Crippen molar-refractivity contribution in [3.8, 4) is 11.4 Å². The summed E-state index contributed by atoms with van der Waals surface area (Å²) in [6.45, 7) is 3.88. The van der Waals surface area contributed by atoms with Gasteiger partial charge in [0.1, 0.15) is 16.3 Å². The summed E-state index contributed by atoms with van der Waals surface area (Å²) < 4.78 is 5.33. The Kier molecular flexibility index (Phi) is 4.20. The number of pyridine rings is 1. The minimum atomic E-state index is -0.948. The monoisotopic (exact) mass is 329 g/mol. The van der Waals surface area contributed by atoms with Crippen LogP contribution in [0.3, 0.4) is 0 Å². The first-order chi connectivity index (χ1) is 11.1. The van der Waals surface area contributed by atoms with E-state index in [-0.39, 0.29) is 10.8 Å². The molecule has 0 bridgehead atoms. The van der Waals surface area contributed by atoms with Crippen LogP contribution in [0.2, 0.25) is 0 Å². The van der Waals surface area contributed by atoms with E-state index >= 15 is 0 Å². The first-order valence-electron chi connectivity index (χ1n) is 7.12. The molecule has 1 N–H and O–H groups in total. The lowest BCUT2D eigenvalue weighted by Crippen LogP contribution is -2.00. The summed E-state index contributed by atoms with van der Waals surface area (Å²) in [6.07, 6.45) is 3.78. The maximum Gasteiger partial charge on any atom is 0.347 e. The average molecular weight is 329 g/mol. The van der Waals surface area contributed by atoms with Gasteiger partial charge in [-0.3, -0.25) is 4.98 Å². The highest BCUT2D eigenvalue weighted by Crippen LogP contribution is 2.31. The third-order valence-electron chi connectivity index (χ3n) is 3.56. The van der Waals surface area contributed by atoms with Crippen LogP contribution in [0.25, 0.3) is 11.4 Å². The third kappa shape index (κ3) is 3.14. The number of thiazole rings is 1. The molecular weight excluding hydrogens is 314 g/mol. The lowest BCUT2D eigenvalue weighted by molar-refractivity contribution is 0.0702. The number of aryl methyl sites for hydroxylation is 1. The highest BCUT2D eigenvalue weighted by atomic mass is 32.1. The van der Waals surface area contributed by atoms with E-state index in [0.717, 1.165) is 27.7 Å². The molecule has 23 heavy (non-hydrogen) atoms. The van der Waals surface area contributed by atoms with Gasteiger partial charge >= 0.3 is 5.97 Å². The van der Waals surface area contributed by atoms with Gasteiger partial charge in [-0.2, -0.15) is 0 Å². The lowest BCUT2D eigenvalue weighted by Gasteiger charge is -2.08. The molecule has 3 heterocycles. The van der Waals surface area contributed by atoms with Gasteiger partial charge in [-0.25, -0.2) is 9.78 Å². The summed E-state index contributed by atoms with van der Waals surface area (Å²) >= 11 is 1.20. The van der Waals surface area contributed by atoms with Gasteiger partial charge in [-0.15, -0.1) is 11.3 Å². The summed E-state index contributed by atoms with van der Waals surface area (Å²) in [4.78, 5) is 19.8. The quantitative estimate of drug-likeness (QED) is 0.770. The van der Waals surface area contributed by atoms with Crippen LogP contribution in [0.5, 0.6) is 0 Å². The Morgan fingerprint density at radius 2 is 2.22 bits per heavy atom. The molecule has 0 saturated heterocycles. The maximum absolute atomic E-state index is 11.0. The maximum atomic E-state index is 11.0. The highest BCUT2D eigenvalue weighted by molar-refractivity contribution is 7.13.